The minimum atomic E-state index is -0.929. The third-order valence-corrected chi connectivity index (χ3v) is 2.70. The Hall–Kier alpha value is -0.520. The van der Waals surface area contributed by atoms with Crippen LogP contribution in [0.25, 0.3) is 0 Å². The van der Waals surface area contributed by atoms with Crippen LogP contribution in [0.4, 0.5) is 0 Å². The lowest BCUT2D eigenvalue weighted by atomic mass is 10.4. The highest BCUT2D eigenvalue weighted by Crippen LogP contribution is 2.06. The summed E-state index contributed by atoms with van der Waals surface area (Å²) in [6, 6.07) is 0. The maximum absolute atomic E-state index is 10.4. The van der Waals surface area contributed by atoms with Crippen LogP contribution in [-0.4, -0.2) is 59.3 Å². The molecule has 0 aliphatic heterocycles. The van der Waals surface area contributed by atoms with Crippen LogP contribution in [0.2, 0.25) is 0 Å². The van der Waals surface area contributed by atoms with Crippen LogP contribution in [0.5, 0.6) is 0 Å². The molecule has 0 aliphatic rings. The van der Waals surface area contributed by atoms with Crippen molar-refractivity contribution < 1.29 is 15.0 Å². The zero-order valence-corrected chi connectivity index (χ0v) is 9.22. The van der Waals surface area contributed by atoms with E-state index in [2.05, 4.69) is 6.58 Å². The van der Waals surface area contributed by atoms with E-state index in [-0.39, 0.29) is 12.2 Å². The van der Waals surface area contributed by atoms with Gasteiger partial charge in [0.15, 0.2) is 0 Å². The van der Waals surface area contributed by atoms with Crippen LogP contribution in [0.1, 0.15) is 0 Å². The molecule has 0 aliphatic carbocycles. The number of likely N-dealkylation sites (N-methyl/N-ethyl adjacent to an activating group) is 1. The van der Waals surface area contributed by atoms with Crippen molar-refractivity contribution in [3.63, 3.8) is 0 Å². The molecule has 0 saturated carbocycles. The first kappa shape index (κ1) is 13.5. The number of nitrogens with zero attached hydrogens (tertiary/aromatic N) is 1. The van der Waals surface area contributed by atoms with Crippen molar-refractivity contribution in [2.45, 2.75) is 0 Å². The second kappa shape index (κ2) is 7.84. The quantitative estimate of drug-likeness (QED) is 0.454. The number of aliphatic carboxylic acids is 1. The number of hydrogen-bond acceptors (Lipinski definition) is 4. The molecule has 0 unspecified atom stereocenters. The second-order valence-electron chi connectivity index (χ2n) is 2.99. The van der Waals surface area contributed by atoms with Gasteiger partial charge >= 0.3 is 5.97 Å². The molecule has 14 heavy (non-hydrogen) atoms. The maximum Gasteiger partial charge on any atom is 0.331 e. The Morgan fingerprint density at radius 2 is 2.14 bits per heavy atom. The first-order valence-electron chi connectivity index (χ1n) is 4.36. The summed E-state index contributed by atoms with van der Waals surface area (Å²) in [7, 11) is 1.92. The lowest BCUT2D eigenvalue weighted by molar-refractivity contribution is -0.132. The van der Waals surface area contributed by atoms with Crippen LogP contribution < -0.4 is 0 Å². The smallest absolute Gasteiger partial charge is 0.331 e. The molecule has 0 bridgehead atoms. The summed E-state index contributed by atoms with van der Waals surface area (Å²) in [6.07, 6.45) is 0. The molecule has 0 fully saturated rings. The number of carboxylic acid groups (broad SMARTS) is 1. The fourth-order valence-electron chi connectivity index (χ4n) is 0.760. The monoisotopic (exact) mass is 219 g/mol. The van der Waals surface area contributed by atoms with Crippen molar-refractivity contribution >= 4 is 17.7 Å². The number of carbonyl (C=O) groups is 1. The Kier molecular flexibility index (Phi) is 7.55. The highest BCUT2D eigenvalue weighted by atomic mass is 32.2. The van der Waals surface area contributed by atoms with E-state index in [0.29, 0.717) is 12.3 Å². The van der Waals surface area contributed by atoms with Gasteiger partial charge in [0.2, 0.25) is 0 Å². The second-order valence-corrected chi connectivity index (χ2v) is 4.09. The van der Waals surface area contributed by atoms with Crippen LogP contribution in [0, 0.1) is 0 Å². The van der Waals surface area contributed by atoms with Crippen LogP contribution in [0.3, 0.4) is 0 Å². The summed E-state index contributed by atoms with van der Waals surface area (Å²) in [5, 5.41) is 17.1. The molecule has 0 spiro atoms. The van der Waals surface area contributed by atoms with E-state index >= 15 is 0 Å². The largest absolute Gasteiger partial charge is 0.478 e. The molecule has 0 atom stereocenters. The predicted octanol–water partition coefficient (Wildman–Crippen LogP) is 0.285. The maximum atomic E-state index is 10.4. The summed E-state index contributed by atoms with van der Waals surface area (Å²) in [4.78, 5) is 12.4. The molecule has 0 radical (unpaired) electrons. The number of thioether (sulfide) groups is 1. The SMILES string of the molecule is C=C(CSCCN(C)CCO)C(=O)O. The topological polar surface area (TPSA) is 60.8 Å². The fourth-order valence-corrected chi connectivity index (χ4v) is 1.71. The summed E-state index contributed by atoms with van der Waals surface area (Å²) in [6.45, 7) is 5.09. The Morgan fingerprint density at radius 3 is 2.64 bits per heavy atom. The number of rotatable bonds is 8. The van der Waals surface area contributed by atoms with Crippen LogP contribution >= 0.6 is 11.8 Å². The van der Waals surface area contributed by atoms with E-state index < -0.39 is 5.97 Å². The number of aliphatic hydroxyl groups is 1. The molecule has 4 nitrogen and oxygen atoms in total. The zero-order valence-electron chi connectivity index (χ0n) is 8.40. The van der Waals surface area contributed by atoms with Crippen molar-refractivity contribution in [2.75, 3.05) is 38.2 Å². The van der Waals surface area contributed by atoms with Crippen molar-refractivity contribution in [3.8, 4) is 0 Å². The molecule has 0 aromatic carbocycles. The van der Waals surface area contributed by atoms with Gasteiger partial charge in [-0.3, -0.25) is 0 Å². The van der Waals surface area contributed by atoms with Gasteiger partial charge in [0, 0.05) is 30.2 Å². The third kappa shape index (κ3) is 6.94. The van der Waals surface area contributed by atoms with E-state index in [9.17, 15) is 4.79 Å². The summed E-state index contributed by atoms with van der Waals surface area (Å²) in [5.41, 5.74) is 0.236. The van der Waals surface area contributed by atoms with E-state index in [1.807, 2.05) is 11.9 Å². The normalized spacial score (nSPS) is 10.5. The minimum Gasteiger partial charge on any atom is -0.478 e. The van der Waals surface area contributed by atoms with Gasteiger partial charge < -0.3 is 15.1 Å². The number of aliphatic hydroxyl groups excluding tert-OH is 1. The first-order valence-corrected chi connectivity index (χ1v) is 5.51. The van der Waals surface area contributed by atoms with Crippen molar-refractivity contribution in [1.82, 2.24) is 4.90 Å². The molecule has 0 aromatic heterocycles. The van der Waals surface area contributed by atoms with Crippen molar-refractivity contribution in [3.05, 3.63) is 12.2 Å². The van der Waals surface area contributed by atoms with Gasteiger partial charge in [0.05, 0.1) is 6.61 Å². The van der Waals surface area contributed by atoms with Crippen LogP contribution in [0.15, 0.2) is 12.2 Å². The van der Waals surface area contributed by atoms with Crippen molar-refractivity contribution in [1.29, 1.82) is 0 Å². The van der Waals surface area contributed by atoms with E-state index in [1.165, 1.54) is 0 Å². The van der Waals surface area contributed by atoms with Gasteiger partial charge in [0.25, 0.3) is 0 Å². The highest BCUT2D eigenvalue weighted by Gasteiger charge is 2.03. The molecule has 0 saturated heterocycles. The number of hydrogen-bond donors (Lipinski definition) is 2. The molecule has 5 heteroatoms. The summed E-state index contributed by atoms with van der Waals surface area (Å²) in [5.74, 6) is 0.381. The minimum absolute atomic E-state index is 0.156. The van der Waals surface area contributed by atoms with Gasteiger partial charge in [-0.1, -0.05) is 6.58 Å². The Labute approximate surface area is 88.6 Å². The highest BCUT2D eigenvalue weighted by molar-refractivity contribution is 7.99. The average molecular weight is 219 g/mol. The zero-order chi connectivity index (χ0) is 11.0. The Morgan fingerprint density at radius 1 is 1.50 bits per heavy atom. The van der Waals surface area contributed by atoms with Crippen molar-refractivity contribution in [2.24, 2.45) is 0 Å². The van der Waals surface area contributed by atoms with E-state index in [4.69, 9.17) is 10.2 Å². The Bertz CT molecular complexity index is 196. The molecule has 2 N–H and O–H groups in total. The van der Waals surface area contributed by atoms with Gasteiger partial charge in [-0.2, -0.15) is 11.8 Å². The van der Waals surface area contributed by atoms with E-state index in [1.54, 1.807) is 11.8 Å². The van der Waals surface area contributed by atoms with E-state index in [0.717, 1.165) is 12.3 Å². The molecule has 0 aromatic rings. The summed E-state index contributed by atoms with van der Waals surface area (Å²) >= 11 is 1.54. The molecule has 0 rings (SSSR count). The van der Waals surface area contributed by atoms with Gasteiger partial charge in [-0.05, 0) is 7.05 Å². The summed E-state index contributed by atoms with van der Waals surface area (Å²) < 4.78 is 0. The predicted molar refractivity (Wildman–Crippen MR) is 58.7 cm³/mol. The molecular weight excluding hydrogens is 202 g/mol. The molecule has 0 amide bonds. The standard InChI is InChI=1S/C9H17NO3S/c1-8(9(12)13)7-14-6-4-10(2)3-5-11/h11H,1,3-7H2,2H3,(H,12,13). The lowest BCUT2D eigenvalue weighted by Crippen LogP contribution is -2.24. The van der Waals surface area contributed by atoms with Gasteiger partial charge in [-0.15, -0.1) is 0 Å². The molecule has 82 valence electrons. The molecular formula is C9H17NO3S. The average Bonchev–Trinajstić information content (AvgIpc) is 2.12. The van der Waals surface area contributed by atoms with Crippen LogP contribution in [-0.2, 0) is 4.79 Å². The third-order valence-electron chi connectivity index (χ3n) is 1.68. The van der Waals surface area contributed by atoms with Gasteiger partial charge in [0.1, 0.15) is 0 Å². The molecule has 0 heterocycles. The Balaban J connectivity index is 3.37. The lowest BCUT2D eigenvalue weighted by Gasteiger charge is -2.14. The first-order chi connectivity index (χ1) is 6.57. The fraction of sp³-hybridized carbons (Fsp3) is 0.667. The van der Waals surface area contributed by atoms with Gasteiger partial charge in [-0.25, -0.2) is 4.79 Å². The number of carboxylic acids is 1.